The summed E-state index contributed by atoms with van der Waals surface area (Å²) in [5, 5.41) is 3.60. The van der Waals surface area contributed by atoms with Gasteiger partial charge in [-0.15, -0.1) is 0 Å². The molecule has 0 heterocycles. The SMILES string of the molecule is CCCC(C)CNC(C)CCN(C)C. The fraction of sp³-hybridized carbons (Fsp3) is 1.00. The molecule has 0 bridgehead atoms. The lowest BCUT2D eigenvalue weighted by molar-refractivity contribution is 0.353. The summed E-state index contributed by atoms with van der Waals surface area (Å²) in [7, 11) is 4.26. The Hall–Kier alpha value is -0.0800. The van der Waals surface area contributed by atoms with Gasteiger partial charge in [-0.3, -0.25) is 0 Å². The van der Waals surface area contributed by atoms with Crippen LogP contribution >= 0.6 is 0 Å². The molecule has 14 heavy (non-hydrogen) atoms. The number of nitrogens with zero attached hydrogens (tertiary/aromatic N) is 1. The second kappa shape index (κ2) is 8.25. The third kappa shape index (κ3) is 8.52. The zero-order valence-corrected chi connectivity index (χ0v) is 10.6. The molecule has 2 heteroatoms. The second-order valence-corrected chi connectivity index (χ2v) is 4.80. The molecule has 2 nitrogen and oxygen atoms in total. The topological polar surface area (TPSA) is 15.3 Å². The van der Waals surface area contributed by atoms with Crippen LogP contribution in [0.1, 0.15) is 40.0 Å². The van der Waals surface area contributed by atoms with Gasteiger partial charge in [0, 0.05) is 6.04 Å². The van der Waals surface area contributed by atoms with E-state index in [0.717, 1.165) is 5.92 Å². The molecule has 0 fully saturated rings. The Kier molecular flexibility index (Phi) is 8.20. The standard InChI is InChI=1S/C12H28N2/c1-6-7-11(2)10-13-12(3)8-9-14(4)5/h11-13H,6-10H2,1-5H3. The van der Waals surface area contributed by atoms with Gasteiger partial charge in [-0.2, -0.15) is 0 Å². The first kappa shape index (κ1) is 13.9. The first-order chi connectivity index (χ1) is 6.56. The van der Waals surface area contributed by atoms with Gasteiger partial charge in [-0.25, -0.2) is 0 Å². The van der Waals surface area contributed by atoms with Crippen LogP contribution in [-0.4, -0.2) is 38.1 Å². The van der Waals surface area contributed by atoms with Crippen LogP contribution in [0.3, 0.4) is 0 Å². The summed E-state index contributed by atoms with van der Waals surface area (Å²) in [4.78, 5) is 2.24. The maximum atomic E-state index is 3.60. The molecule has 0 spiro atoms. The van der Waals surface area contributed by atoms with E-state index in [2.05, 4.69) is 45.1 Å². The van der Waals surface area contributed by atoms with Crippen LogP contribution in [-0.2, 0) is 0 Å². The molecule has 0 aliphatic rings. The molecule has 0 aromatic carbocycles. The highest BCUT2D eigenvalue weighted by molar-refractivity contribution is 4.64. The number of hydrogen-bond donors (Lipinski definition) is 1. The fourth-order valence-electron chi connectivity index (χ4n) is 1.55. The number of hydrogen-bond acceptors (Lipinski definition) is 2. The highest BCUT2D eigenvalue weighted by atomic mass is 15.1. The van der Waals surface area contributed by atoms with E-state index in [9.17, 15) is 0 Å². The van der Waals surface area contributed by atoms with Crippen LogP contribution in [0.2, 0.25) is 0 Å². The molecule has 0 saturated carbocycles. The van der Waals surface area contributed by atoms with Gasteiger partial charge < -0.3 is 10.2 Å². The van der Waals surface area contributed by atoms with Gasteiger partial charge >= 0.3 is 0 Å². The molecule has 0 aliphatic heterocycles. The predicted molar refractivity (Wildman–Crippen MR) is 64.7 cm³/mol. The summed E-state index contributed by atoms with van der Waals surface area (Å²) in [6.07, 6.45) is 3.88. The van der Waals surface area contributed by atoms with Gasteiger partial charge in [0.15, 0.2) is 0 Å². The molecular formula is C12H28N2. The van der Waals surface area contributed by atoms with Gasteiger partial charge in [0.05, 0.1) is 0 Å². The zero-order chi connectivity index (χ0) is 11.0. The van der Waals surface area contributed by atoms with Gasteiger partial charge in [-0.1, -0.05) is 20.3 Å². The summed E-state index contributed by atoms with van der Waals surface area (Å²) >= 11 is 0. The Balaban J connectivity index is 3.38. The van der Waals surface area contributed by atoms with Crippen LogP contribution in [0.25, 0.3) is 0 Å². The van der Waals surface area contributed by atoms with Gasteiger partial charge in [0.2, 0.25) is 0 Å². The maximum Gasteiger partial charge on any atom is 0.00510 e. The Bertz CT molecular complexity index is 123. The monoisotopic (exact) mass is 200 g/mol. The first-order valence-corrected chi connectivity index (χ1v) is 5.94. The Labute approximate surface area is 90.1 Å². The lowest BCUT2D eigenvalue weighted by atomic mass is 10.1. The van der Waals surface area contributed by atoms with Crippen molar-refractivity contribution in [2.75, 3.05) is 27.2 Å². The molecule has 2 unspecified atom stereocenters. The number of rotatable bonds is 8. The van der Waals surface area contributed by atoms with E-state index in [-0.39, 0.29) is 0 Å². The average Bonchev–Trinajstić information content (AvgIpc) is 2.12. The maximum absolute atomic E-state index is 3.60. The molecule has 2 atom stereocenters. The van der Waals surface area contributed by atoms with Crippen molar-refractivity contribution >= 4 is 0 Å². The molecule has 0 saturated heterocycles. The molecular weight excluding hydrogens is 172 g/mol. The van der Waals surface area contributed by atoms with Crippen molar-refractivity contribution in [3.8, 4) is 0 Å². The third-order valence-electron chi connectivity index (χ3n) is 2.61. The van der Waals surface area contributed by atoms with E-state index in [1.165, 1.54) is 32.4 Å². The van der Waals surface area contributed by atoms with Crippen molar-refractivity contribution in [1.29, 1.82) is 0 Å². The Morgan fingerprint density at radius 3 is 2.29 bits per heavy atom. The van der Waals surface area contributed by atoms with Gasteiger partial charge in [0.1, 0.15) is 0 Å². The second-order valence-electron chi connectivity index (χ2n) is 4.80. The van der Waals surface area contributed by atoms with E-state index >= 15 is 0 Å². The Morgan fingerprint density at radius 1 is 1.14 bits per heavy atom. The lowest BCUT2D eigenvalue weighted by Crippen LogP contribution is -2.32. The van der Waals surface area contributed by atoms with E-state index in [0.29, 0.717) is 6.04 Å². The minimum atomic E-state index is 0.650. The normalized spacial score (nSPS) is 15.9. The molecule has 0 rings (SSSR count). The van der Waals surface area contributed by atoms with Crippen molar-refractivity contribution in [2.45, 2.75) is 46.1 Å². The van der Waals surface area contributed by atoms with E-state index in [1.807, 2.05) is 0 Å². The van der Waals surface area contributed by atoms with Gasteiger partial charge in [0.25, 0.3) is 0 Å². The van der Waals surface area contributed by atoms with Crippen LogP contribution < -0.4 is 5.32 Å². The van der Waals surface area contributed by atoms with Crippen molar-refractivity contribution in [3.05, 3.63) is 0 Å². The first-order valence-electron chi connectivity index (χ1n) is 5.94. The molecule has 0 aliphatic carbocycles. The summed E-state index contributed by atoms with van der Waals surface area (Å²) < 4.78 is 0. The van der Waals surface area contributed by atoms with E-state index < -0.39 is 0 Å². The van der Waals surface area contributed by atoms with Gasteiger partial charge in [-0.05, 0) is 52.9 Å². The zero-order valence-electron chi connectivity index (χ0n) is 10.6. The van der Waals surface area contributed by atoms with Crippen molar-refractivity contribution in [1.82, 2.24) is 10.2 Å². The third-order valence-corrected chi connectivity index (χ3v) is 2.61. The minimum absolute atomic E-state index is 0.650. The molecule has 0 aromatic heterocycles. The fourth-order valence-corrected chi connectivity index (χ4v) is 1.55. The van der Waals surface area contributed by atoms with Crippen LogP contribution in [0.15, 0.2) is 0 Å². The molecule has 0 aromatic rings. The molecule has 1 N–H and O–H groups in total. The van der Waals surface area contributed by atoms with Crippen molar-refractivity contribution in [3.63, 3.8) is 0 Å². The highest BCUT2D eigenvalue weighted by Gasteiger charge is 2.04. The van der Waals surface area contributed by atoms with Crippen molar-refractivity contribution < 1.29 is 0 Å². The number of nitrogens with one attached hydrogen (secondary N) is 1. The van der Waals surface area contributed by atoms with E-state index in [1.54, 1.807) is 0 Å². The largest absolute Gasteiger partial charge is 0.314 e. The average molecular weight is 200 g/mol. The molecule has 0 amide bonds. The van der Waals surface area contributed by atoms with E-state index in [4.69, 9.17) is 0 Å². The van der Waals surface area contributed by atoms with Crippen molar-refractivity contribution in [2.24, 2.45) is 5.92 Å². The minimum Gasteiger partial charge on any atom is -0.314 e. The smallest absolute Gasteiger partial charge is 0.00510 e. The van der Waals surface area contributed by atoms with Crippen LogP contribution in [0, 0.1) is 5.92 Å². The summed E-state index contributed by atoms with van der Waals surface area (Å²) in [5.41, 5.74) is 0. The molecule has 86 valence electrons. The predicted octanol–water partition coefficient (Wildman–Crippen LogP) is 2.35. The lowest BCUT2D eigenvalue weighted by Gasteiger charge is -2.19. The summed E-state index contributed by atoms with van der Waals surface area (Å²) in [6.45, 7) is 9.21. The summed E-state index contributed by atoms with van der Waals surface area (Å²) in [6, 6.07) is 0.650. The highest BCUT2D eigenvalue weighted by Crippen LogP contribution is 2.03. The summed E-state index contributed by atoms with van der Waals surface area (Å²) in [5.74, 6) is 0.821. The quantitative estimate of drug-likeness (QED) is 0.647. The van der Waals surface area contributed by atoms with Crippen LogP contribution in [0.4, 0.5) is 0 Å². The Morgan fingerprint density at radius 2 is 1.79 bits per heavy atom. The van der Waals surface area contributed by atoms with Crippen LogP contribution in [0.5, 0.6) is 0 Å². The molecule has 0 radical (unpaired) electrons.